The summed E-state index contributed by atoms with van der Waals surface area (Å²) in [5, 5.41) is 2.58. The molecule has 0 unspecified atom stereocenters. The summed E-state index contributed by atoms with van der Waals surface area (Å²) < 4.78 is 36.1. The molecule has 1 amide bonds. The molecule has 0 radical (unpaired) electrons. The van der Waals surface area contributed by atoms with Gasteiger partial charge in [0.15, 0.2) is 10.8 Å². The van der Waals surface area contributed by atoms with Crippen molar-refractivity contribution in [3.05, 3.63) is 46.3 Å². The van der Waals surface area contributed by atoms with Crippen molar-refractivity contribution in [1.82, 2.24) is 4.31 Å². The van der Waals surface area contributed by atoms with Crippen molar-refractivity contribution in [1.29, 1.82) is 0 Å². The number of nitrogens with one attached hydrogen (secondary N) is 1. The topological polar surface area (TPSA) is 106 Å². The molecule has 0 aliphatic rings. The van der Waals surface area contributed by atoms with E-state index in [9.17, 15) is 18.0 Å². The third-order valence-corrected chi connectivity index (χ3v) is 5.91. The van der Waals surface area contributed by atoms with Gasteiger partial charge in [-0.3, -0.25) is 4.79 Å². The number of ether oxygens (including phenoxy) is 1. The van der Waals surface area contributed by atoms with E-state index in [-0.39, 0.29) is 10.7 Å². The zero-order valence-corrected chi connectivity index (χ0v) is 17.5. The molecule has 2 aromatic rings. The molecule has 0 bridgehead atoms. The predicted molar refractivity (Wildman–Crippen MR) is 102 cm³/mol. The molecule has 0 aliphatic heterocycles. The molecule has 8 nitrogen and oxygen atoms in total. The number of esters is 1. The Bertz CT molecular complexity index is 968. The number of hydrogen-bond acceptors (Lipinski definition) is 6. The molecule has 0 aliphatic carbocycles. The van der Waals surface area contributed by atoms with Crippen LogP contribution in [-0.2, 0) is 19.6 Å². The van der Waals surface area contributed by atoms with Crippen LogP contribution < -0.4 is 5.32 Å². The van der Waals surface area contributed by atoms with Crippen molar-refractivity contribution in [3.8, 4) is 0 Å². The van der Waals surface area contributed by atoms with Crippen molar-refractivity contribution >= 4 is 43.5 Å². The Morgan fingerprint density at radius 2 is 1.89 bits per heavy atom. The van der Waals surface area contributed by atoms with Gasteiger partial charge in [0, 0.05) is 19.8 Å². The fourth-order valence-corrected chi connectivity index (χ4v) is 3.27. The Morgan fingerprint density at radius 1 is 1.22 bits per heavy atom. The average Bonchev–Trinajstić information content (AvgIpc) is 3.02. The van der Waals surface area contributed by atoms with Gasteiger partial charge in [-0.25, -0.2) is 17.5 Å². The van der Waals surface area contributed by atoms with Crippen LogP contribution in [0.4, 0.5) is 5.69 Å². The zero-order chi connectivity index (χ0) is 20.4. The van der Waals surface area contributed by atoms with Crippen molar-refractivity contribution in [2.45, 2.75) is 24.8 Å². The zero-order valence-electron chi connectivity index (χ0n) is 15.1. The summed E-state index contributed by atoms with van der Waals surface area (Å²) in [7, 11) is -0.808. The maximum Gasteiger partial charge on any atom is 0.375 e. The van der Waals surface area contributed by atoms with Crippen LogP contribution in [-0.4, -0.2) is 44.8 Å². The number of amides is 1. The summed E-state index contributed by atoms with van der Waals surface area (Å²) in [5.74, 6) is -1.43. The number of carbonyl (C=O) groups is 2. The van der Waals surface area contributed by atoms with Crippen LogP contribution in [0.3, 0.4) is 0 Å². The number of anilines is 1. The number of hydrogen-bond donors (Lipinski definition) is 1. The van der Waals surface area contributed by atoms with E-state index < -0.39 is 28.0 Å². The highest BCUT2D eigenvalue weighted by atomic mass is 79.9. The normalized spacial score (nSPS) is 12.7. The number of carbonyl (C=O) groups excluding carboxylic acids is 2. The van der Waals surface area contributed by atoms with Gasteiger partial charge in [0.1, 0.15) is 0 Å². The third kappa shape index (κ3) is 4.96. The molecule has 0 spiro atoms. The minimum atomic E-state index is -3.65. The van der Waals surface area contributed by atoms with Crippen molar-refractivity contribution in [2.24, 2.45) is 0 Å². The fraction of sp³-hybridized carbons (Fsp3) is 0.294. The van der Waals surface area contributed by atoms with E-state index in [1.165, 1.54) is 45.3 Å². The number of benzene rings is 1. The van der Waals surface area contributed by atoms with E-state index in [4.69, 9.17) is 9.15 Å². The number of nitrogens with zero attached hydrogens (tertiary/aromatic N) is 1. The van der Waals surface area contributed by atoms with Gasteiger partial charge in [-0.2, -0.15) is 0 Å². The molecule has 2 rings (SSSR count). The lowest BCUT2D eigenvalue weighted by molar-refractivity contribution is -0.123. The standard InChI is InChI=1S/C17H19BrN2O6S/c1-10-5-6-12(27(23,24)20(3)4)9-13(10)19-16(21)11(2)25-17(22)14-7-8-15(18)26-14/h5-9,11H,1-4H3,(H,19,21)/t11-/m0/s1. The number of furan rings is 1. The molecule has 0 fully saturated rings. The second-order valence-electron chi connectivity index (χ2n) is 5.90. The van der Waals surface area contributed by atoms with E-state index in [0.29, 0.717) is 15.9 Å². The highest BCUT2D eigenvalue weighted by Crippen LogP contribution is 2.22. The van der Waals surface area contributed by atoms with Crippen LogP contribution in [0.15, 0.2) is 44.3 Å². The summed E-state index contributed by atoms with van der Waals surface area (Å²) in [6.45, 7) is 3.12. The lowest BCUT2D eigenvalue weighted by Crippen LogP contribution is -2.30. The molecule has 146 valence electrons. The smallest absolute Gasteiger partial charge is 0.375 e. The second-order valence-corrected chi connectivity index (χ2v) is 8.84. The van der Waals surface area contributed by atoms with Crippen LogP contribution in [0, 0.1) is 6.92 Å². The summed E-state index contributed by atoms with van der Waals surface area (Å²) in [6, 6.07) is 7.35. The van der Waals surface area contributed by atoms with Gasteiger partial charge in [0.05, 0.1) is 4.90 Å². The average molecular weight is 459 g/mol. The Hall–Kier alpha value is -2.17. The molecular formula is C17H19BrN2O6S. The Balaban J connectivity index is 2.14. The minimum absolute atomic E-state index is 0.0403. The number of halogens is 1. The van der Waals surface area contributed by atoms with Crippen molar-refractivity contribution in [2.75, 3.05) is 19.4 Å². The molecular weight excluding hydrogens is 440 g/mol. The van der Waals surface area contributed by atoms with Crippen LogP contribution in [0.5, 0.6) is 0 Å². The van der Waals surface area contributed by atoms with Gasteiger partial charge in [-0.15, -0.1) is 0 Å². The lowest BCUT2D eigenvalue weighted by Gasteiger charge is -2.16. The Labute approximate surface area is 165 Å². The van der Waals surface area contributed by atoms with Gasteiger partial charge in [0.25, 0.3) is 5.91 Å². The number of sulfonamides is 1. The molecule has 1 atom stereocenters. The lowest BCUT2D eigenvalue weighted by atomic mass is 10.2. The summed E-state index contributed by atoms with van der Waals surface area (Å²) in [4.78, 5) is 24.3. The first-order valence-corrected chi connectivity index (χ1v) is 10.1. The largest absolute Gasteiger partial charge is 0.447 e. The summed E-state index contributed by atoms with van der Waals surface area (Å²) in [5.41, 5.74) is 0.973. The Morgan fingerprint density at radius 3 is 2.44 bits per heavy atom. The monoisotopic (exact) mass is 458 g/mol. The predicted octanol–water partition coefficient (Wildman–Crippen LogP) is 2.78. The van der Waals surface area contributed by atoms with Gasteiger partial charge >= 0.3 is 5.97 Å². The van der Waals surface area contributed by atoms with E-state index in [1.54, 1.807) is 13.0 Å². The van der Waals surface area contributed by atoms with Crippen LogP contribution in [0.25, 0.3) is 0 Å². The van der Waals surface area contributed by atoms with Crippen molar-refractivity contribution < 1.29 is 27.2 Å². The molecule has 1 N–H and O–H groups in total. The molecule has 0 saturated heterocycles. The van der Waals surface area contributed by atoms with Crippen LogP contribution in [0.1, 0.15) is 23.0 Å². The first-order chi connectivity index (χ1) is 12.5. The second kappa shape index (κ2) is 8.24. The highest BCUT2D eigenvalue weighted by molar-refractivity contribution is 9.10. The minimum Gasteiger partial charge on any atom is -0.447 e. The molecule has 1 aromatic carbocycles. The maximum absolute atomic E-state index is 12.3. The SMILES string of the molecule is Cc1ccc(S(=O)(=O)N(C)C)cc1NC(=O)[C@H](C)OC(=O)c1ccc(Br)o1. The van der Waals surface area contributed by atoms with E-state index in [1.807, 2.05) is 0 Å². The first kappa shape index (κ1) is 21.1. The first-order valence-electron chi connectivity index (χ1n) is 7.82. The number of rotatable bonds is 6. The molecule has 1 aromatic heterocycles. The van der Waals surface area contributed by atoms with Crippen LogP contribution in [0.2, 0.25) is 0 Å². The molecule has 1 heterocycles. The van der Waals surface area contributed by atoms with Gasteiger partial charge in [-0.1, -0.05) is 6.07 Å². The molecule has 10 heteroatoms. The van der Waals surface area contributed by atoms with E-state index >= 15 is 0 Å². The fourth-order valence-electron chi connectivity index (χ4n) is 2.04. The summed E-state index contributed by atoms with van der Waals surface area (Å²) >= 11 is 3.07. The summed E-state index contributed by atoms with van der Waals surface area (Å²) in [6.07, 6.45) is -1.12. The van der Waals surface area contributed by atoms with Gasteiger partial charge < -0.3 is 14.5 Å². The maximum atomic E-state index is 12.3. The Kier molecular flexibility index (Phi) is 6.45. The van der Waals surface area contributed by atoms with E-state index in [0.717, 1.165) is 4.31 Å². The molecule has 0 saturated carbocycles. The van der Waals surface area contributed by atoms with Gasteiger partial charge in [-0.05, 0) is 59.6 Å². The highest BCUT2D eigenvalue weighted by Gasteiger charge is 2.23. The number of aryl methyl sites for hydroxylation is 1. The molecule has 27 heavy (non-hydrogen) atoms. The third-order valence-electron chi connectivity index (χ3n) is 3.67. The van der Waals surface area contributed by atoms with Gasteiger partial charge in [0.2, 0.25) is 15.8 Å². The van der Waals surface area contributed by atoms with Crippen molar-refractivity contribution in [3.63, 3.8) is 0 Å². The quantitative estimate of drug-likeness (QED) is 0.666. The van der Waals surface area contributed by atoms with Crippen LogP contribution >= 0.6 is 15.9 Å². The van der Waals surface area contributed by atoms with E-state index in [2.05, 4.69) is 21.2 Å².